The molecule has 0 saturated carbocycles. The van der Waals surface area contributed by atoms with Crippen molar-refractivity contribution in [2.45, 2.75) is 13.0 Å². The third-order valence-corrected chi connectivity index (χ3v) is 3.40. The number of pyridine rings is 1. The minimum absolute atomic E-state index is 0.0311. The lowest BCUT2D eigenvalue weighted by Gasteiger charge is -2.11. The summed E-state index contributed by atoms with van der Waals surface area (Å²) in [5.41, 5.74) is 0.636. The van der Waals surface area contributed by atoms with Crippen LogP contribution >= 0.6 is 0 Å². The van der Waals surface area contributed by atoms with Crippen LogP contribution in [0.25, 0.3) is 11.3 Å². The fourth-order valence-electron chi connectivity index (χ4n) is 2.26. The predicted octanol–water partition coefficient (Wildman–Crippen LogP) is 1.72. The molecule has 0 radical (unpaired) electrons. The lowest BCUT2D eigenvalue weighted by Crippen LogP contribution is -2.28. The third-order valence-electron chi connectivity index (χ3n) is 3.40. The largest absolute Gasteiger partial charge is 0.477 e. The first-order valence-electron chi connectivity index (χ1n) is 7.28. The van der Waals surface area contributed by atoms with E-state index in [0.29, 0.717) is 5.56 Å². The molecule has 0 bridgehead atoms. The lowest BCUT2D eigenvalue weighted by molar-refractivity contribution is 0.0692. The Morgan fingerprint density at radius 2 is 2.00 bits per heavy atom. The van der Waals surface area contributed by atoms with Gasteiger partial charge in [-0.15, -0.1) is 0 Å². The second-order valence-corrected chi connectivity index (χ2v) is 5.10. The van der Waals surface area contributed by atoms with Gasteiger partial charge >= 0.3 is 5.97 Å². The van der Waals surface area contributed by atoms with Gasteiger partial charge in [-0.25, -0.2) is 9.78 Å². The highest BCUT2D eigenvalue weighted by Gasteiger charge is 2.28. The number of carbonyl (C=O) groups excluding carboxylic acids is 1. The quantitative estimate of drug-likeness (QED) is 0.718. The van der Waals surface area contributed by atoms with E-state index >= 15 is 0 Å². The van der Waals surface area contributed by atoms with Crippen molar-refractivity contribution in [3.63, 3.8) is 0 Å². The molecule has 0 fully saturated rings. The lowest BCUT2D eigenvalue weighted by atomic mass is 10.0. The number of amides is 1. The number of nitrogens with zero attached hydrogens (tertiary/aromatic N) is 4. The Hall–Kier alpha value is -3.62. The molecule has 126 valence electrons. The van der Waals surface area contributed by atoms with Gasteiger partial charge in [0.05, 0.1) is 12.2 Å². The van der Waals surface area contributed by atoms with Gasteiger partial charge in [0, 0.05) is 30.4 Å². The molecule has 9 nitrogen and oxygen atoms in total. The zero-order valence-corrected chi connectivity index (χ0v) is 13.1. The van der Waals surface area contributed by atoms with Crippen molar-refractivity contribution in [3.05, 3.63) is 60.1 Å². The van der Waals surface area contributed by atoms with E-state index in [1.165, 1.54) is 24.8 Å². The highest BCUT2D eigenvalue weighted by molar-refractivity contribution is 5.96. The maximum atomic E-state index is 12.2. The van der Waals surface area contributed by atoms with Crippen LogP contribution in [0.3, 0.4) is 0 Å². The second kappa shape index (κ2) is 6.87. The van der Waals surface area contributed by atoms with Crippen LogP contribution in [0, 0.1) is 0 Å². The van der Waals surface area contributed by atoms with E-state index in [1.54, 1.807) is 25.3 Å². The molecule has 0 aliphatic heterocycles. The fourth-order valence-corrected chi connectivity index (χ4v) is 2.26. The highest BCUT2D eigenvalue weighted by Crippen LogP contribution is 2.28. The van der Waals surface area contributed by atoms with Gasteiger partial charge < -0.3 is 14.9 Å². The number of nitrogens with one attached hydrogen (secondary N) is 1. The summed E-state index contributed by atoms with van der Waals surface area (Å²) in [5.74, 6) is -1.68. The minimum atomic E-state index is -1.21. The van der Waals surface area contributed by atoms with Gasteiger partial charge in [-0.2, -0.15) is 0 Å². The molecule has 3 aromatic heterocycles. The van der Waals surface area contributed by atoms with Gasteiger partial charge in [0.2, 0.25) is 0 Å². The number of aromatic carboxylic acids is 1. The third kappa shape index (κ3) is 3.34. The molecule has 1 atom stereocenters. The second-order valence-electron chi connectivity index (χ2n) is 5.10. The number of aromatic nitrogens is 4. The van der Waals surface area contributed by atoms with E-state index in [2.05, 4.69) is 25.4 Å². The van der Waals surface area contributed by atoms with Gasteiger partial charge in [0.25, 0.3) is 5.91 Å². The van der Waals surface area contributed by atoms with Crippen LogP contribution in [0.4, 0.5) is 0 Å². The van der Waals surface area contributed by atoms with Gasteiger partial charge in [0.1, 0.15) is 17.0 Å². The molecule has 0 spiro atoms. The predicted molar refractivity (Wildman–Crippen MR) is 84.6 cm³/mol. The summed E-state index contributed by atoms with van der Waals surface area (Å²) < 4.78 is 5.20. The smallest absolute Gasteiger partial charge is 0.341 e. The molecule has 25 heavy (non-hydrogen) atoms. The standard InChI is InChI=1S/C16H13N5O4/c1-9(20-15(22)11-8-18-5-6-19-11)14-12(16(23)24)13(21-25-14)10-3-2-4-17-7-10/h2-9H,1H3,(H,20,22)(H,23,24). The number of hydrogen-bond acceptors (Lipinski definition) is 7. The average molecular weight is 339 g/mol. The summed E-state index contributed by atoms with van der Waals surface area (Å²) in [5, 5.41) is 16.0. The number of carboxylic acid groups (broad SMARTS) is 1. The van der Waals surface area contributed by atoms with Crippen molar-refractivity contribution in [2.24, 2.45) is 0 Å². The molecule has 9 heteroatoms. The molecule has 0 saturated heterocycles. The van der Waals surface area contributed by atoms with E-state index in [4.69, 9.17) is 4.52 Å². The first-order valence-corrected chi connectivity index (χ1v) is 7.28. The molecular formula is C16H13N5O4. The van der Waals surface area contributed by atoms with Crippen molar-refractivity contribution in [3.8, 4) is 11.3 Å². The summed E-state index contributed by atoms with van der Waals surface area (Å²) in [6.07, 6.45) is 7.18. The summed E-state index contributed by atoms with van der Waals surface area (Å²) in [7, 11) is 0. The molecule has 3 heterocycles. The number of carboxylic acids is 1. The SMILES string of the molecule is CC(NC(=O)c1cnccn1)c1onc(-c2cccnc2)c1C(=O)O. The van der Waals surface area contributed by atoms with Gasteiger partial charge in [0.15, 0.2) is 5.76 Å². The van der Waals surface area contributed by atoms with E-state index in [-0.39, 0.29) is 22.7 Å². The normalized spacial score (nSPS) is 11.7. The Morgan fingerprint density at radius 3 is 2.64 bits per heavy atom. The summed E-state index contributed by atoms with van der Waals surface area (Å²) in [6, 6.07) is 2.59. The summed E-state index contributed by atoms with van der Waals surface area (Å²) in [4.78, 5) is 35.5. The molecule has 0 aromatic carbocycles. The summed E-state index contributed by atoms with van der Waals surface area (Å²) in [6.45, 7) is 1.59. The Morgan fingerprint density at radius 1 is 1.20 bits per heavy atom. The first kappa shape index (κ1) is 16.2. The maximum Gasteiger partial charge on any atom is 0.341 e. The van der Waals surface area contributed by atoms with Crippen LogP contribution < -0.4 is 5.32 Å². The Balaban J connectivity index is 1.91. The Bertz CT molecular complexity index is 895. The average Bonchev–Trinajstić information content (AvgIpc) is 3.08. The first-order chi connectivity index (χ1) is 12.1. The minimum Gasteiger partial charge on any atom is -0.477 e. The van der Waals surface area contributed by atoms with Crippen LogP contribution in [0.5, 0.6) is 0 Å². The number of rotatable bonds is 5. The van der Waals surface area contributed by atoms with Crippen LogP contribution in [0.2, 0.25) is 0 Å². The van der Waals surface area contributed by atoms with Crippen molar-refractivity contribution in [2.75, 3.05) is 0 Å². The van der Waals surface area contributed by atoms with Crippen molar-refractivity contribution < 1.29 is 19.2 Å². The van der Waals surface area contributed by atoms with E-state index < -0.39 is 17.9 Å². The monoisotopic (exact) mass is 339 g/mol. The topological polar surface area (TPSA) is 131 Å². The molecule has 1 amide bonds. The molecule has 1 unspecified atom stereocenters. The van der Waals surface area contributed by atoms with E-state index in [0.717, 1.165) is 0 Å². The molecule has 3 rings (SSSR count). The van der Waals surface area contributed by atoms with Gasteiger partial charge in [-0.05, 0) is 19.1 Å². The van der Waals surface area contributed by atoms with Crippen LogP contribution in [-0.4, -0.2) is 37.1 Å². The zero-order chi connectivity index (χ0) is 17.8. The number of hydrogen-bond donors (Lipinski definition) is 2. The number of carbonyl (C=O) groups is 2. The molecule has 0 aliphatic rings. The fraction of sp³-hybridized carbons (Fsp3) is 0.125. The van der Waals surface area contributed by atoms with Gasteiger partial charge in [-0.3, -0.25) is 14.8 Å². The van der Waals surface area contributed by atoms with E-state index in [9.17, 15) is 14.7 Å². The molecule has 0 aliphatic carbocycles. The van der Waals surface area contributed by atoms with Gasteiger partial charge in [-0.1, -0.05) is 5.16 Å². The highest BCUT2D eigenvalue weighted by atomic mass is 16.5. The molecular weight excluding hydrogens is 326 g/mol. The van der Waals surface area contributed by atoms with Crippen molar-refractivity contribution in [1.82, 2.24) is 25.4 Å². The molecule has 3 aromatic rings. The van der Waals surface area contributed by atoms with E-state index in [1.807, 2.05) is 0 Å². The van der Waals surface area contributed by atoms with Crippen LogP contribution in [-0.2, 0) is 0 Å². The zero-order valence-electron chi connectivity index (χ0n) is 13.1. The molecule has 2 N–H and O–H groups in total. The van der Waals surface area contributed by atoms with Crippen LogP contribution in [0.1, 0.15) is 39.6 Å². The Kier molecular flexibility index (Phi) is 4.46. The summed E-state index contributed by atoms with van der Waals surface area (Å²) >= 11 is 0. The Labute approximate surface area is 141 Å². The maximum absolute atomic E-state index is 12.2. The van der Waals surface area contributed by atoms with Crippen molar-refractivity contribution in [1.29, 1.82) is 0 Å². The van der Waals surface area contributed by atoms with Crippen LogP contribution in [0.15, 0.2) is 47.6 Å². The van der Waals surface area contributed by atoms with Crippen molar-refractivity contribution >= 4 is 11.9 Å².